The van der Waals surface area contributed by atoms with Gasteiger partial charge in [-0.25, -0.2) is 9.59 Å². The van der Waals surface area contributed by atoms with Crippen LogP contribution in [0.15, 0.2) is 44.6 Å². The van der Waals surface area contributed by atoms with Crippen LogP contribution in [-0.2, 0) is 0 Å². The van der Waals surface area contributed by atoms with Crippen molar-refractivity contribution in [3.63, 3.8) is 0 Å². The predicted octanol–water partition coefficient (Wildman–Crippen LogP) is 2.52. The van der Waals surface area contributed by atoms with Gasteiger partial charge in [-0.15, -0.1) is 0 Å². The molecule has 1 amide bonds. The number of rotatable bonds is 3. The summed E-state index contributed by atoms with van der Waals surface area (Å²) < 4.78 is 5.19. The van der Waals surface area contributed by atoms with Crippen molar-refractivity contribution in [2.24, 2.45) is 5.10 Å². The van der Waals surface area contributed by atoms with Gasteiger partial charge in [0.25, 0.3) is 0 Å². The molecule has 0 radical (unpaired) electrons. The molecule has 0 atom stereocenters. The zero-order valence-electron chi connectivity index (χ0n) is 11.2. The summed E-state index contributed by atoms with van der Waals surface area (Å²) >= 11 is 0. The van der Waals surface area contributed by atoms with Crippen molar-refractivity contribution in [1.29, 1.82) is 0 Å². The van der Waals surface area contributed by atoms with Crippen LogP contribution in [0.3, 0.4) is 0 Å². The van der Waals surface area contributed by atoms with Gasteiger partial charge >= 0.3 is 11.7 Å². The molecule has 0 bridgehead atoms. The van der Waals surface area contributed by atoms with Gasteiger partial charge in [-0.2, -0.15) is 10.1 Å². The minimum absolute atomic E-state index is 0.200. The molecule has 1 heterocycles. The van der Waals surface area contributed by atoms with E-state index in [0.717, 1.165) is 10.4 Å². The number of hydrogen-bond acceptors (Lipinski definition) is 4. The molecule has 1 aromatic heterocycles. The van der Waals surface area contributed by atoms with Gasteiger partial charge < -0.3 is 9.52 Å². The van der Waals surface area contributed by atoms with Crippen LogP contribution < -0.4 is 5.63 Å². The third-order valence-corrected chi connectivity index (χ3v) is 2.82. The number of amides is 1. The van der Waals surface area contributed by atoms with Crippen LogP contribution >= 0.6 is 0 Å². The summed E-state index contributed by atoms with van der Waals surface area (Å²) in [6.07, 6.45) is -1.17. The SMILES string of the molecule is CCN(N=C(C)c1cc2ccccc2oc1=O)C(=O)O. The van der Waals surface area contributed by atoms with Gasteiger partial charge in [-0.1, -0.05) is 18.2 Å². The van der Waals surface area contributed by atoms with Crippen molar-refractivity contribution in [1.82, 2.24) is 5.01 Å². The lowest BCUT2D eigenvalue weighted by Gasteiger charge is -2.11. The quantitative estimate of drug-likeness (QED) is 0.529. The van der Waals surface area contributed by atoms with E-state index in [0.29, 0.717) is 11.3 Å². The smallest absolute Gasteiger partial charge is 0.427 e. The summed E-state index contributed by atoms with van der Waals surface area (Å²) in [5.41, 5.74) is 0.503. The molecule has 0 fully saturated rings. The number of fused-ring (bicyclic) bond motifs is 1. The fraction of sp³-hybridized carbons (Fsp3) is 0.214. The number of para-hydroxylation sites is 1. The Hall–Kier alpha value is -2.63. The molecule has 6 heteroatoms. The first kappa shape index (κ1) is 13.8. The Kier molecular flexibility index (Phi) is 3.84. The molecule has 2 aromatic rings. The highest BCUT2D eigenvalue weighted by molar-refractivity contribution is 6.00. The molecule has 0 unspecified atom stereocenters. The van der Waals surface area contributed by atoms with E-state index in [1.54, 1.807) is 32.0 Å². The number of benzene rings is 1. The number of nitrogens with zero attached hydrogens (tertiary/aromatic N) is 2. The molecule has 2 rings (SSSR count). The van der Waals surface area contributed by atoms with E-state index in [-0.39, 0.29) is 12.1 Å². The molecule has 1 N–H and O–H groups in total. The summed E-state index contributed by atoms with van der Waals surface area (Å²) in [4.78, 5) is 22.8. The molecule has 0 aliphatic rings. The minimum Gasteiger partial charge on any atom is -0.464 e. The lowest BCUT2D eigenvalue weighted by atomic mass is 10.1. The van der Waals surface area contributed by atoms with Crippen molar-refractivity contribution < 1.29 is 14.3 Å². The highest BCUT2D eigenvalue weighted by Crippen LogP contribution is 2.13. The second-order valence-corrected chi connectivity index (χ2v) is 4.17. The van der Waals surface area contributed by atoms with Crippen LogP contribution in [0.25, 0.3) is 11.0 Å². The zero-order chi connectivity index (χ0) is 14.7. The first-order valence-electron chi connectivity index (χ1n) is 6.12. The average Bonchev–Trinajstić information content (AvgIpc) is 2.43. The van der Waals surface area contributed by atoms with Crippen LogP contribution in [0.4, 0.5) is 4.79 Å². The van der Waals surface area contributed by atoms with Gasteiger partial charge in [-0.3, -0.25) is 0 Å². The average molecular weight is 274 g/mol. The molecule has 0 spiro atoms. The molecule has 0 saturated heterocycles. The standard InChI is InChI=1S/C14H14N2O4/c1-3-16(14(18)19)15-9(2)11-8-10-6-4-5-7-12(10)20-13(11)17/h4-8H,3H2,1-2H3,(H,18,19). The normalized spacial score (nSPS) is 11.6. The van der Waals surface area contributed by atoms with Crippen LogP contribution in [0.2, 0.25) is 0 Å². The summed E-state index contributed by atoms with van der Waals surface area (Å²) in [5, 5.41) is 14.5. The fourth-order valence-electron chi connectivity index (χ4n) is 1.80. The van der Waals surface area contributed by atoms with Gasteiger partial charge in [0.05, 0.1) is 11.3 Å². The molecule has 0 aliphatic heterocycles. The van der Waals surface area contributed by atoms with Crippen molar-refractivity contribution in [2.45, 2.75) is 13.8 Å². The van der Waals surface area contributed by atoms with Crippen molar-refractivity contribution in [2.75, 3.05) is 6.54 Å². The monoisotopic (exact) mass is 274 g/mol. The molecule has 1 aromatic carbocycles. The maximum atomic E-state index is 11.9. The molecular formula is C14H14N2O4. The van der Waals surface area contributed by atoms with Gasteiger partial charge in [0, 0.05) is 11.9 Å². The Labute approximate surface area is 114 Å². The largest absolute Gasteiger partial charge is 0.464 e. The summed E-state index contributed by atoms with van der Waals surface area (Å²) in [5.74, 6) is 0. The van der Waals surface area contributed by atoms with Crippen LogP contribution in [0.1, 0.15) is 19.4 Å². The highest BCUT2D eigenvalue weighted by atomic mass is 16.4. The lowest BCUT2D eigenvalue weighted by Crippen LogP contribution is -2.26. The van der Waals surface area contributed by atoms with Crippen molar-refractivity contribution >= 4 is 22.8 Å². The van der Waals surface area contributed by atoms with Crippen LogP contribution in [0, 0.1) is 0 Å². The maximum Gasteiger partial charge on any atom is 0.427 e. The summed E-state index contributed by atoms with van der Waals surface area (Å²) in [6.45, 7) is 3.44. The molecule has 20 heavy (non-hydrogen) atoms. The van der Waals surface area contributed by atoms with Crippen LogP contribution in [-0.4, -0.2) is 28.5 Å². The Morgan fingerprint density at radius 3 is 2.75 bits per heavy atom. The van der Waals surface area contributed by atoms with E-state index in [4.69, 9.17) is 9.52 Å². The van der Waals surface area contributed by atoms with E-state index in [1.165, 1.54) is 0 Å². The summed E-state index contributed by atoms with van der Waals surface area (Å²) in [7, 11) is 0. The third-order valence-electron chi connectivity index (χ3n) is 2.82. The molecule has 0 saturated carbocycles. The van der Waals surface area contributed by atoms with Gasteiger partial charge in [0.2, 0.25) is 0 Å². The first-order chi connectivity index (χ1) is 9.52. The fourth-order valence-corrected chi connectivity index (χ4v) is 1.80. The predicted molar refractivity (Wildman–Crippen MR) is 75.1 cm³/mol. The first-order valence-corrected chi connectivity index (χ1v) is 6.12. The number of hydrazone groups is 1. The third kappa shape index (κ3) is 2.69. The molecule has 0 aliphatic carbocycles. The van der Waals surface area contributed by atoms with E-state index in [2.05, 4.69) is 5.10 Å². The van der Waals surface area contributed by atoms with Crippen molar-refractivity contribution in [3.8, 4) is 0 Å². The lowest BCUT2D eigenvalue weighted by molar-refractivity contribution is 0.149. The zero-order valence-corrected chi connectivity index (χ0v) is 11.2. The molecule has 104 valence electrons. The topological polar surface area (TPSA) is 83.1 Å². The minimum atomic E-state index is -1.17. The Balaban J connectivity index is 2.51. The van der Waals surface area contributed by atoms with Gasteiger partial charge in [0.1, 0.15) is 5.58 Å². The number of carbonyl (C=O) groups is 1. The highest BCUT2D eigenvalue weighted by Gasteiger charge is 2.12. The van der Waals surface area contributed by atoms with E-state index in [1.807, 2.05) is 12.1 Å². The van der Waals surface area contributed by atoms with Gasteiger partial charge in [0.15, 0.2) is 0 Å². The summed E-state index contributed by atoms with van der Waals surface area (Å²) in [6, 6.07) is 8.76. The van der Waals surface area contributed by atoms with E-state index >= 15 is 0 Å². The van der Waals surface area contributed by atoms with Gasteiger partial charge in [-0.05, 0) is 26.0 Å². The Morgan fingerprint density at radius 2 is 2.10 bits per heavy atom. The Bertz CT molecular complexity index is 733. The number of carboxylic acid groups (broad SMARTS) is 1. The molecule has 6 nitrogen and oxygen atoms in total. The van der Waals surface area contributed by atoms with E-state index < -0.39 is 11.7 Å². The maximum absolute atomic E-state index is 11.9. The Morgan fingerprint density at radius 1 is 1.40 bits per heavy atom. The van der Waals surface area contributed by atoms with E-state index in [9.17, 15) is 9.59 Å². The van der Waals surface area contributed by atoms with Crippen molar-refractivity contribution in [3.05, 3.63) is 46.3 Å². The second-order valence-electron chi connectivity index (χ2n) is 4.17. The number of hydrogen-bond donors (Lipinski definition) is 1. The van der Waals surface area contributed by atoms with Crippen LogP contribution in [0.5, 0.6) is 0 Å². The second kappa shape index (κ2) is 5.56. The molecular weight excluding hydrogens is 260 g/mol.